The molecule has 68 heavy (non-hydrogen) atoms. The van der Waals surface area contributed by atoms with Crippen molar-refractivity contribution in [3.05, 3.63) is 210 Å². The van der Waals surface area contributed by atoms with Crippen molar-refractivity contribution >= 4 is 85.8 Å². The fourth-order valence-electron chi connectivity index (χ4n) is 12.5. The van der Waals surface area contributed by atoms with Crippen LogP contribution in [0.3, 0.4) is 0 Å². The number of benzene rings is 9. The van der Waals surface area contributed by atoms with Crippen molar-refractivity contribution in [2.75, 3.05) is 9.71 Å². The van der Waals surface area contributed by atoms with Gasteiger partial charge in [0, 0.05) is 34.2 Å². The SMILES string of the molecule is Cc1cc2c(cc1N1c3cc4c(cc3B(N3c5ccccc5[Si](c5ccccc5)(c5ccccc5)c5cccc(C)c53)c3ccc5ccccc5c31)Oc1ccccc1O4)C(C)(C)CCC2(C)C. The van der Waals surface area contributed by atoms with Crippen molar-refractivity contribution in [2.24, 2.45) is 0 Å². The number of rotatable bonds is 4. The first-order valence-corrected chi connectivity index (χ1v) is 26.2. The monoisotopic (exact) mass is 896 g/mol. The van der Waals surface area contributed by atoms with Gasteiger partial charge in [-0.05, 0) is 127 Å². The average Bonchev–Trinajstić information content (AvgIpc) is 3.36. The first kappa shape index (κ1) is 41.0. The fraction of sp³-hybridized carbons (Fsp3) is 0.161. The van der Waals surface area contributed by atoms with E-state index < -0.39 is 8.07 Å². The number of hydrogen-bond donors (Lipinski definition) is 0. The van der Waals surface area contributed by atoms with E-state index in [2.05, 4.69) is 215 Å². The summed E-state index contributed by atoms with van der Waals surface area (Å²) < 4.78 is 13.7. The number of anilines is 5. The Hall–Kier alpha value is -7.28. The third-order valence-electron chi connectivity index (χ3n) is 15.9. The first-order chi connectivity index (χ1) is 33.0. The molecular formula is C62H53BN2O2Si. The summed E-state index contributed by atoms with van der Waals surface area (Å²) in [5, 5.41) is 7.94. The Morgan fingerprint density at radius 1 is 0.456 bits per heavy atom. The molecule has 0 amide bonds. The third-order valence-corrected chi connectivity index (χ3v) is 20.7. The second kappa shape index (κ2) is 14.9. The molecule has 0 radical (unpaired) electrons. The Morgan fingerprint density at radius 2 is 1.04 bits per heavy atom. The minimum atomic E-state index is -2.91. The molecule has 6 heteroatoms. The third kappa shape index (κ3) is 5.80. The Morgan fingerprint density at radius 3 is 1.75 bits per heavy atom. The highest BCUT2D eigenvalue weighted by atomic mass is 28.3. The van der Waals surface area contributed by atoms with Crippen LogP contribution in [0.5, 0.6) is 23.0 Å². The van der Waals surface area contributed by atoms with E-state index in [0.29, 0.717) is 11.5 Å². The molecule has 0 bridgehead atoms. The molecule has 0 atom stereocenters. The van der Waals surface area contributed by atoms with E-state index in [1.807, 2.05) is 24.3 Å². The molecule has 0 spiro atoms. The van der Waals surface area contributed by atoms with Crippen LogP contribution >= 0.6 is 0 Å². The summed E-state index contributed by atoms with van der Waals surface area (Å²) in [6.07, 6.45) is 2.30. The van der Waals surface area contributed by atoms with Crippen molar-refractivity contribution in [2.45, 2.75) is 65.2 Å². The molecule has 3 heterocycles. The molecule has 13 rings (SSSR count). The number of hydrogen-bond acceptors (Lipinski definition) is 4. The molecule has 4 aliphatic rings. The second-order valence-corrected chi connectivity index (χ2v) is 24.5. The van der Waals surface area contributed by atoms with Crippen molar-refractivity contribution in [1.29, 1.82) is 0 Å². The van der Waals surface area contributed by atoms with Crippen LogP contribution in [0, 0.1) is 13.8 Å². The van der Waals surface area contributed by atoms with E-state index in [-0.39, 0.29) is 17.7 Å². The molecule has 9 aromatic carbocycles. The van der Waals surface area contributed by atoms with Crippen LogP contribution in [0.25, 0.3) is 10.8 Å². The lowest BCUT2D eigenvalue weighted by molar-refractivity contribution is 0.332. The van der Waals surface area contributed by atoms with Gasteiger partial charge in [-0.15, -0.1) is 0 Å². The molecule has 0 aromatic heterocycles. The van der Waals surface area contributed by atoms with Gasteiger partial charge in [0.2, 0.25) is 0 Å². The summed E-state index contributed by atoms with van der Waals surface area (Å²) in [5.41, 5.74) is 13.8. The van der Waals surface area contributed by atoms with Gasteiger partial charge < -0.3 is 19.2 Å². The number of nitrogens with zero attached hydrogens (tertiary/aromatic N) is 2. The highest BCUT2D eigenvalue weighted by molar-refractivity contribution is 7.22. The summed E-state index contributed by atoms with van der Waals surface area (Å²) in [5.74, 6) is 2.87. The first-order valence-electron chi connectivity index (χ1n) is 24.2. The van der Waals surface area contributed by atoms with Crippen molar-refractivity contribution < 1.29 is 9.47 Å². The van der Waals surface area contributed by atoms with Gasteiger partial charge in [-0.25, -0.2) is 0 Å². The van der Waals surface area contributed by atoms with E-state index in [1.54, 1.807) is 0 Å². The van der Waals surface area contributed by atoms with Gasteiger partial charge >= 0.3 is 6.85 Å². The van der Waals surface area contributed by atoms with Gasteiger partial charge in [-0.2, -0.15) is 0 Å². The summed E-state index contributed by atoms with van der Waals surface area (Å²) >= 11 is 0. The average molecular weight is 897 g/mol. The van der Waals surface area contributed by atoms with Crippen molar-refractivity contribution in [1.82, 2.24) is 0 Å². The molecule has 0 saturated carbocycles. The van der Waals surface area contributed by atoms with E-state index in [1.165, 1.54) is 82.0 Å². The lowest BCUT2D eigenvalue weighted by Crippen LogP contribution is -2.79. The van der Waals surface area contributed by atoms with Gasteiger partial charge in [-0.1, -0.05) is 179 Å². The molecule has 0 N–H and O–H groups in total. The van der Waals surface area contributed by atoms with E-state index in [9.17, 15) is 0 Å². The molecule has 3 aliphatic heterocycles. The van der Waals surface area contributed by atoms with Gasteiger partial charge in [0.15, 0.2) is 31.1 Å². The molecule has 4 nitrogen and oxygen atoms in total. The van der Waals surface area contributed by atoms with E-state index >= 15 is 0 Å². The Kier molecular flexibility index (Phi) is 8.95. The Balaban J connectivity index is 1.15. The molecular weight excluding hydrogens is 844 g/mol. The van der Waals surface area contributed by atoms with Crippen LogP contribution < -0.4 is 50.9 Å². The van der Waals surface area contributed by atoms with Crippen molar-refractivity contribution in [3.8, 4) is 23.0 Å². The fourth-order valence-corrected chi connectivity index (χ4v) is 17.7. The highest BCUT2D eigenvalue weighted by Crippen LogP contribution is 2.53. The predicted molar refractivity (Wildman–Crippen MR) is 287 cm³/mol. The minimum Gasteiger partial charge on any atom is -0.450 e. The lowest BCUT2D eigenvalue weighted by atomic mass is 9.45. The molecule has 1 aliphatic carbocycles. The summed E-state index contributed by atoms with van der Waals surface area (Å²) in [6, 6.07) is 70.4. The predicted octanol–water partition coefficient (Wildman–Crippen LogP) is 12.1. The number of para-hydroxylation sites is 4. The largest absolute Gasteiger partial charge is 0.450 e. The van der Waals surface area contributed by atoms with Crippen LogP contribution in [0.1, 0.15) is 62.8 Å². The van der Waals surface area contributed by atoms with E-state index in [0.717, 1.165) is 35.5 Å². The van der Waals surface area contributed by atoms with Crippen LogP contribution in [-0.4, -0.2) is 14.9 Å². The smallest absolute Gasteiger partial charge is 0.332 e. The van der Waals surface area contributed by atoms with Gasteiger partial charge in [-0.3, -0.25) is 0 Å². The molecule has 9 aromatic rings. The van der Waals surface area contributed by atoms with Crippen LogP contribution in [0.4, 0.5) is 28.4 Å². The van der Waals surface area contributed by atoms with Gasteiger partial charge in [0.25, 0.3) is 0 Å². The zero-order chi connectivity index (χ0) is 46.1. The standard InChI is InChI=1S/C62H53BN2O2Si/c1-40-20-19-31-58-59(40)65(50-27-15-18-30-57(50)68(58,43-22-9-7-10-23-43)44-24-11-8-12-25-44)63-48-33-32-42-21-13-14-26-45(42)60(48)64(51-37-47-46(36-41(51)2)61(3,4)34-35-62(47,5)6)52-39-56-55(38-49(52)63)66-53-28-16-17-29-54(53)67-56/h7-33,36-39H,34-35H2,1-6H3. The summed E-state index contributed by atoms with van der Waals surface area (Å²) in [7, 11) is -2.91. The minimum absolute atomic E-state index is 0.0131. The number of fused-ring (bicyclic) bond motifs is 9. The van der Waals surface area contributed by atoms with Crippen LogP contribution in [0.2, 0.25) is 0 Å². The van der Waals surface area contributed by atoms with Gasteiger partial charge in [0.05, 0.1) is 5.69 Å². The van der Waals surface area contributed by atoms with Crippen LogP contribution in [0.15, 0.2) is 188 Å². The lowest BCUT2D eigenvalue weighted by Gasteiger charge is -2.50. The maximum absolute atomic E-state index is 6.88. The summed E-state index contributed by atoms with van der Waals surface area (Å²) in [6.45, 7) is 14.1. The summed E-state index contributed by atoms with van der Waals surface area (Å²) in [4.78, 5) is 5.29. The number of aryl methyl sites for hydroxylation is 2. The highest BCUT2D eigenvalue weighted by Gasteiger charge is 2.53. The maximum atomic E-state index is 6.88. The zero-order valence-corrected chi connectivity index (χ0v) is 40.6. The van der Waals surface area contributed by atoms with Crippen molar-refractivity contribution in [3.63, 3.8) is 0 Å². The molecule has 0 saturated heterocycles. The molecule has 330 valence electrons. The maximum Gasteiger partial charge on any atom is 0.332 e. The molecule has 0 unspecified atom stereocenters. The quantitative estimate of drug-likeness (QED) is 0.164. The van der Waals surface area contributed by atoms with Gasteiger partial charge in [0.1, 0.15) is 0 Å². The molecule has 0 fully saturated rings. The Labute approximate surface area is 401 Å². The van der Waals surface area contributed by atoms with Crippen LogP contribution in [-0.2, 0) is 10.8 Å². The van der Waals surface area contributed by atoms with E-state index in [4.69, 9.17) is 9.47 Å². The normalized spacial score (nSPS) is 16.5. The zero-order valence-electron chi connectivity index (χ0n) is 39.6. The second-order valence-electron chi connectivity index (χ2n) is 20.8. The Bertz CT molecular complexity index is 3490. The number of ether oxygens (including phenoxy) is 2. The topological polar surface area (TPSA) is 24.9 Å².